The summed E-state index contributed by atoms with van der Waals surface area (Å²) < 4.78 is 35.6. The van der Waals surface area contributed by atoms with Crippen molar-refractivity contribution in [2.24, 2.45) is 0 Å². The number of carbonyl (C=O) groups is 1. The summed E-state index contributed by atoms with van der Waals surface area (Å²) in [5.74, 6) is -2.32. The molecular formula is C31H27F2NO2. The number of carbonyl (C=O) groups excluding carboxylic acids is 1. The number of halogens is 2. The van der Waals surface area contributed by atoms with Gasteiger partial charge in [-0.2, -0.15) is 0 Å². The molecule has 0 amide bonds. The van der Waals surface area contributed by atoms with Crippen molar-refractivity contribution in [3.8, 4) is 0 Å². The van der Waals surface area contributed by atoms with Gasteiger partial charge in [0.25, 0.3) is 0 Å². The average molecular weight is 484 g/mol. The van der Waals surface area contributed by atoms with Gasteiger partial charge in [0.15, 0.2) is 0 Å². The van der Waals surface area contributed by atoms with Crippen LogP contribution in [0.1, 0.15) is 35.2 Å². The summed E-state index contributed by atoms with van der Waals surface area (Å²) in [7, 11) is 0. The van der Waals surface area contributed by atoms with Crippen LogP contribution in [0.2, 0.25) is 0 Å². The minimum atomic E-state index is -1.24. The van der Waals surface area contributed by atoms with E-state index in [2.05, 4.69) is 11.9 Å². The summed E-state index contributed by atoms with van der Waals surface area (Å²) in [6, 6.07) is 31.1. The van der Waals surface area contributed by atoms with E-state index in [0.29, 0.717) is 0 Å². The average Bonchev–Trinajstić information content (AvgIpc) is 2.92. The highest BCUT2D eigenvalue weighted by Gasteiger charge is 2.41. The molecule has 4 rings (SSSR count). The molecule has 3 nitrogen and oxygen atoms in total. The van der Waals surface area contributed by atoms with Crippen LogP contribution in [0.25, 0.3) is 0 Å². The zero-order valence-electron chi connectivity index (χ0n) is 20.0. The van der Waals surface area contributed by atoms with Crippen LogP contribution in [0.4, 0.5) is 8.78 Å². The molecule has 1 atom stereocenters. The molecule has 1 N–H and O–H groups in total. The van der Waals surface area contributed by atoms with Crippen LogP contribution in [0.3, 0.4) is 0 Å². The maximum absolute atomic E-state index is 15.2. The molecule has 1 unspecified atom stereocenters. The predicted octanol–water partition coefficient (Wildman–Crippen LogP) is 6.71. The maximum atomic E-state index is 15.2. The first-order valence-corrected chi connectivity index (χ1v) is 11.7. The van der Waals surface area contributed by atoms with E-state index in [4.69, 9.17) is 4.74 Å². The highest BCUT2D eigenvalue weighted by molar-refractivity contribution is 5.89. The van der Waals surface area contributed by atoms with Crippen LogP contribution < -0.4 is 5.32 Å². The fraction of sp³-hybridized carbons (Fsp3) is 0.129. The monoisotopic (exact) mass is 483 g/mol. The lowest BCUT2D eigenvalue weighted by atomic mass is 9.75. The highest BCUT2D eigenvalue weighted by atomic mass is 19.1. The summed E-state index contributed by atoms with van der Waals surface area (Å²) in [4.78, 5) is 12.9. The van der Waals surface area contributed by atoms with Crippen molar-refractivity contribution in [2.45, 2.75) is 18.5 Å². The molecule has 0 saturated carbocycles. The molecule has 0 aliphatic heterocycles. The van der Waals surface area contributed by atoms with Gasteiger partial charge in [0, 0.05) is 5.56 Å². The van der Waals surface area contributed by atoms with Crippen LogP contribution in [0.5, 0.6) is 0 Å². The first kappa shape index (κ1) is 25.0. The van der Waals surface area contributed by atoms with Crippen molar-refractivity contribution in [2.75, 3.05) is 6.61 Å². The fourth-order valence-electron chi connectivity index (χ4n) is 4.49. The molecule has 0 bridgehead atoms. The van der Waals surface area contributed by atoms with Crippen LogP contribution in [-0.2, 0) is 15.1 Å². The van der Waals surface area contributed by atoms with Crippen LogP contribution in [0, 0.1) is 11.6 Å². The molecule has 0 aliphatic carbocycles. The van der Waals surface area contributed by atoms with Gasteiger partial charge in [-0.05, 0) is 35.7 Å². The molecule has 4 aromatic carbocycles. The molecule has 0 fully saturated rings. The van der Waals surface area contributed by atoms with E-state index in [1.165, 1.54) is 18.2 Å². The van der Waals surface area contributed by atoms with Gasteiger partial charge < -0.3 is 4.74 Å². The topological polar surface area (TPSA) is 38.3 Å². The SMILES string of the molecule is C=C(C(=O)OCC)C(NC(c1ccccc1)(c1ccccc1)c1ccccc1)c1c(F)cccc1F. The molecule has 182 valence electrons. The molecule has 0 saturated heterocycles. The number of hydrogen-bond donors (Lipinski definition) is 1. The largest absolute Gasteiger partial charge is 0.463 e. The molecule has 36 heavy (non-hydrogen) atoms. The molecule has 0 spiro atoms. The molecule has 0 aliphatic rings. The Morgan fingerprint density at radius 1 is 0.778 bits per heavy atom. The van der Waals surface area contributed by atoms with Crippen LogP contribution in [0.15, 0.2) is 121 Å². The van der Waals surface area contributed by atoms with E-state index in [1.54, 1.807) is 6.92 Å². The van der Waals surface area contributed by atoms with Gasteiger partial charge >= 0.3 is 5.97 Å². The van der Waals surface area contributed by atoms with E-state index >= 15 is 8.78 Å². The van der Waals surface area contributed by atoms with E-state index in [-0.39, 0.29) is 17.7 Å². The van der Waals surface area contributed by atoms with Gasteiger partial charge in [-0.1, -0.05) is 104 Å². The second kappa shape index (κ2) is 11.1. The fourth-order valence-corrected chi connectivity index (χ4v) is 4.49. The Morgan fingerprint density at radius 3 is 1.58 bits per heavy atom. The van der Waals surface area contributed by atoms with Crippen LogP contribution in [-0.4, -0.2) is 12.6 Å². The second-order valence-corrected chi connectivity index (χ2v) is 8.31. The quantitative estimate of drug-likeness (QED) is 0.163. The Balaban J connectivity index is 2.03. The van der Waals surface area contributed by atoms with Gasteiger partial charge in [-0.15, -0.1) is 0 Å². The van der Waals surface area contributed by atoms with Crippen molar-refractivity contribution in [3.63, 3.8) is 0 Å². The lowest BCUT2D eigenvalue weighted by Crippen LogP contribution is -2.48. The number of esters is 1. The van der Waals surface area contributed by atoms with Gasteiger partial charge in [0.1, 0.15) is 11.6 Å². The first-order valence-electron chi connectivity index (χ1n) is 11.7. The standard InChI is InChI=1S/C31H27F2NO2/c1-3-36-30(35)22(2)29(28-26(32)20-13-21-27(28)33)34-31(23-14-7-4-8-15-23,24-16-9-5-10-17-24)25-18-11-6-12-19-25/h4-21,29,34H,2-3H2,1H3. The summed E-state index contributed by atoms with van der Waals surface area (Å²) in [6.07, 6.45) is 0. The highest BCUT2D eigenvalue weighted by Crippen LogP contribution is 2.41. The van der Waals surface area contributed by atoms with E-state index in [0.717, 1.165) is 16.7 Å². The Bertz CT molecular complexity index is 1210. The molecular weight excluding hydrogens is 456 g/mol. The van der Waals surface area contributed by atoms with Gasteiger partial charge in [-0.3, -0.25) is 5.32 Å². The minimum Gasteiger partial charge on any atom is -0.463 e. The normalized spacial score (nSPS) is 12.1. The number of benzene rings is 4. The molecule has 0 heterocycles. The van der Waals surface area contributed by atoms with Gasteiger partial charge in [-0.25, -0.2) is 13.6 Å². The summed E-state index contributed by atoms with van der Waals surface area (Å²) in [5, 5.41) is 3.47. The maximum Gasteiger partial charge on any atom is 0.335 e. The molecule has 5 heteroatoms. The number of hydrogen-bond acceptors (Lipinski definition) is 3. The van der Waals surface area contributed by atoms with Crippen LogP contribution >= 0.6 is 0 Å². The number of ether oxygens (including phenoxy) is 1. The van der Waals surface area contributed by atoms with Crippen molar-refractivity contribution in [1.29, 1.82) is 0 Å². The molecule has 0 radical (unpaired) electrons. The van der Waals surface area contributed by atoms with Crippen molar-refractivity contribution in [3.05, 3.63) is 155 Å². The van der Waals surface area contributed by atoms with Crippen molar-refractivity contribution >= 4 is 5.97 Å². The van der Waals surface area contributed by atoms with E-state index in [9.17, 15) is 4.79 Å². The van der Waals surface area contributed by atoms with Gasteiger partial charge in [0.05, 0.1) is 23.8 Å². The number of rotatable bonds is 9. The second-order valence-electron chi connectivity index (χ2n) is 8.31. The summed E-state index contributed by atoms with van der Waals surface area (Å²) in [5.41, 5.74) is 0.955. The Morgan fingerprint density at radius 2 is 1.19 bits per heavy atom. The Hall–Kier alpha value is -4.09. The van der Waals surface area contributed by atoms with E-state index in [1.807, 2.05) is 91.0 Å². The third-order valence-corrected chi connectivity index (χ3v) is 6.16. The Kier molecular flexibility index (Phi) is 7.71. The zero-order valence-corrected chi connectivity index (χ0v) is 20.0. The predicted molar refractivity (Wildman–Crippen MR) is 137 cm³/mol. The third-order valence-electron chi connectivity index (χ3n) is 6.16. The number of nitrogens with one attached hydrogen (secondary N) is 1. The lowest BCUT2D eigenvalue weighted by Gasteiger charge is -2.40. The molecule has 0 aromatic heterocycles. The smallest absolute Gasteiger partial charge is 0.335 e. The summed E-state index contributed by atoms with van der Waals surface area (Å²) in [6.45, 7) is 5.70. The lowest BCUT2D eigenvalue weighted by molar-refractivity contribution is -0.138. The van der Waals surface area contributed by atoms with Crippen molar-refractivity contribution in [1.82, 2.24) is 5.32 Å². The minimum absolute atomic E-state index is 0.103. The zero-order chi connectivity index (χ0) is 25.5. The first-order chi connectivity index (χ1) is 17.5. The summed E-state index contributed by atoms with van der Waals surface area (Å²) >= 11 is 0. The van der Waals surface area contributed by atoms with Gasteiger partial charge in [0.2, 0.25) is 0 Å². The molecule has 4 aromatic rings. The third kappa shape index (κ3) is 4.83. The van der Waals surface area contributed by atoms with Crippen molar-refractivity contribution < 1.29 is 18.3 Å². The van der Waals surface area contributed by atoms with E-state index < -0.39 is 29.2 Å². The Labute approximate surface area is 210 Å².